The van der Waals surface area contributed by atoms with Crippen LogP contribution < -0.4 is 5.32 Å². The van der Waals surface area contributed by atoms with Crippen LogP contribution in [0.2, 0.25) is 0 Å². The Balaban J connectivity index is 1.19. The van der Waals surface area contributed by atoms with E-state index in [9.17, 15) is 106 Å². The Morgan fingerprint density at radius 1 is 0.456 bits per heavy atom. The van der Waals surface area contributed by atoms with E-state index in [2.05, 4.69) is 14.7 Å². The highest BCUT2D eigenvalue weighted by molar-refractivity contribution is 7.46. The molecule has 79 heavy (non-hydrogen) atoms. The van der Waals surface area contributed by atoms with Crippen LogP contribution in [0.15, 0.2) is 0 Å². The second-order valence-electron chi connectivity index (χ2n) is 19.6. The molecule has 0 aromatic heterocycles. The van der Waals surface area contributed by atoms with E-state index in [0.29, 0.717) is 0 Å². The zero-order valence-electron chi connectivity index (χ0n) is 41.9. The molecule has 6 aliphatic heterocycles. The maximum Gasteiger partial charge on any atom is 0.469 e. The average molecular weight is 1180 g/mol. The summed E-state index contributed by atoms with van der Waals surface area (Å²) in [7, 11) is -3.80. The molecule has 0 bridgehead atoms. The van der Waals surface area contributed by atoms with Crippen LogP contribution in [0.1, 0.15) is 19.3 Å². The zero-order chi connectivity index (χ0) is 58.4. The first-order valence-corrected chi connectivity index (χ1v) is 26.5. The van der Waals surface area contributed by atoms with E-state index in [1.54, 1.807) is 0 Å². The van der Waals surface area contributed by atoms with Crippen LogP contribution >= 0.6 is 7.82 Å². The van der Waals surface area contributed by atoms with Gasteiger partial charge < -0.3 is 154 Å². The number of carbonyl (C=O) groups is 1. The second-order valence-corrected chi connectivity index (χ2v) is 20.9. The lowest BCUT2D eigenvalue weighted by molar-refractivity contribution is -0.380. The molecule has 0 saturated carbocycles. The van der Waals surface area contributed by atoms with Gasteiger partial charge >= 0.3 is 7.82 Å². The maximum absolute atomic E-state index is 11.9. The lowest BCUT2D eigenvalue weighted by atomic mass is 9.81. The van der Waals surface area contributed by atoms with Crippen molar-refractivity contribution in [2.75, 3.05) is 53.3 Å². The van der Waals surface area contributed by atoms with Crippen LogP contribution in [0.4, 0.5) is 0 Å². The number of aliphatic hydroxyl groups is 17. The van der Waals surface area contributed by atoms with E-state index in [4.69, 9.17) is 57.4 Å². The van der Waals surface area contributed by atoms with Crippen molar-refractivity contribution in [3.63, 3.8) is 0 Å². The molecule has 6 aliphatic rings. The summed E-state index contributed by atoms with van der Waals surface area (Å²) in [5, 5.41) is 195. The first-order valence-electron chi connectivity index (χ1n) is 24.9. The Hall–Kier alpha value is -1.62. The number of amides is 1. The monoisotopic (exact) mass is 1180 g/mol. The fourth-order valence-corrected chi connectivity index (χ4v) is 10.1. The van der Waals surface area contributed by atoms with E-state index < -0.39 is 238 Å². The number of aliphatic hydroxyl groups excluding tert-OH is 17. The number of phosphoric acid groups is 1. The third-order valence-electron chi connectivity index (χ3n) is 14.3. The highest BCUT2D eigenvalue weighted by atomic mass is 31.2. The first kappa shape index (κ1) is 66.5. The molecular formula is C42H74NO35P. The molecule has 0 aliphatic carbocycles. The molecule has 12 unspecified atom stereocenters. The Kier molecular flexibility index (Phi) is 24.8. The molecule has 0 spiro atoms. The van der Waals surface area contributed by atoms with Crippen LogP contribution in [0.5, 0.6) is 0 Å². The summed E-state index contributed by atoms with van der Waals surface area (Å²) in [4.78, 5) is 34.3. The predicted molar refractivity (Wildman–Crippen MR) is 242 cm³/mol. The number of ether oxygens (including phenoxy) is 11. The predicted octanol–water partition coefficient (Wildman–Crippen LogP) is -12.3. The summed E-state index contributed by atoms with van der Waals surface area (Å²) in [5.41, 5.74) is 0. The van der Waals surface area contributed by atoms with Crippen molar-refractivity contribution in [1.82, 2.24) is 5.32 Å². The molecule has 30 atom stereocenters. The summed E-state index contributed by atoms with van der Waals surface area (Å²) in [6.45, 7) is -5.61. The lowest BCUT2D eigenvalue weighted by Gasteiger charge is -2.49. The number of phosphoric ester groups is 1. The van der Waals surface area contributed by atoms with Crippen molar-refractivity contribution in [3.05, 3.63) is 0 Å². The van der Waals surface area contributed by atoms with Gasteiger partial charge in [0, 0.05) is 19.4 Å². The van der Waals surface area contributed by atoms with Gasteiger partial charge in [-0.3, -0.25) is 14.6 Å². The fourth-order valence-electron chi connectivity index (χ4n) is 9.71. The van der Waals surface area contributed by atoms with Crippen molar-refractivity contribution in [2.24, 2.45) is 5.92 Å². The highest BCUT2D eigenvalue weighted by Crippen LogP contribution is 2.40. The summed E-state index contributed by atoms with van der Waals surface area (Å²) in [6.07, 6.45) is -55.4. The maximum atomic E-state index is 11.9. The molecule has 37 heteroatoms. The van der Waals surface area contributed by atoms with Crippen molar-refractivity contribution in [1.29, 1.82) is 0 Å². The van der Waals surface area contributed by atoms with Gasteiger partial charge in [-0.05, 0) is 12.8 Å². The number of rotatable bonds is 24. The number of hydrogen-bond acceptors (Lipinski definition) is 33. The molecule has 6 saturated heterocycles. The number of carbonyl (C=O) groups excluding carboxylic acids is 1. The molecule has 6 rings (SSSR count). The van der Waals surface area contributed by atoms with Crippen LogP contribution in [0.25, 0.3) is 0 Å². The number of nitrogens with one attached hydrogen (secondary N) is 1. The van der Waals surface area contributed by atoms with Crippen molar-refractivity contribution >= 4 is 13.7 Å². The van der Waals surface area contributed by atoms with Crippen LogP contribution in [-0.4, -0.2) is 339 Å². The van der Waals surface area contributed by atoms with Gasteiger partial charge in [-0.1, -0.05) is 0 Å². The van der Waals surface area contributed by atoms with Gasteiger partial charge in [0.25, 0.3) is 0 Å². The Morgan fingerprint density at radius 2 is 0.873 bits per heavy atom. The third kappa shape index (κ3) is 16.0. The van der Waals surface area contributed by atoms with E-state index in [-0.39, 0.29) is 25.4 Å². The Bertz CT molecular complexity index is 1900. The van der Waals surface area contributed by atoms with Gasteiger partial charge in [-0.2, -0.15) is 0 Å². The van der Waals surface area contributed by atoms with Gasteiger partial charge in [0.15, 0.2) is 31.5 Å². The minimum Gasteiger partial charge on any atom is -0.394 e. The number of hydrogen-bond donors (Lipinski definition) is 21. The Labute approximate surface area is 447 Å². The molecular weight excluding hydrogens is 1110 g/mol. The van der Waals surface area contributed by atoms with E-state index in [0.717, 1.165) is 0 Å². The zero-order valence-corrected chi connectivity index (χ0v) is 42.8. The molecule has 6 fully saturated rings. The highest BCUT2D eigenvalue weighted by Gasteiger charge is 2.56. The lowest BCUT2D eigenvalue weighted by Crippen LogP contribution is -2.65. The topological polar surface area (TPSA) is 571 Å². The smallest absolute Gasteiger partial charge is 0.394 e. The molecule has 0 aromatic carbocycles. The summed E-state index contributed by atoms with van der Waals surface area (Å²) in [6, 6.07) is 0. The fraction of sp³-hybridized carbons (Fsp3) is 0.976. The molecule has 0 aromatic rings. The van der Waals surface area contributed by atoms with Crippen molar-refractivity contribution in [3.8, 4) is 0 Å². The van der Waals surface area contributed by atoms with Gasteiger partial charge in [0.05, 0.1) is 51.8 Å². The van der Waals surface area contributed by atoms with Crippen LogP contribution in [0, 0.1) is 5.92 Å². The summed E-state index contributed by atoms with van der Waals surface area (Å²) >= 11 is 0. The Morgan fingerprint density at radius 3 is 1.39 bits per heavy atom. The molecule has 21 N–H and O–H groups in total. The molecule has 36 nitrogen and oxygen atoms in total. The molecule has 1 amide bonds. The standard InChI is InChI=1S/C42H74NO35P/c1-43-20(46)3-2-4-66-38-22(48)12(5-13-36(31(57)23(49)14(6-44)71-13)77-40-34(60)30(56)27(53)19(76-40)11-70-79(63,64)65)21(47)16(73-38)8-67-39-33(59)28(54)25(51)17(74-39)9-68-42-37(32(58)24(50)15(7-45)72-42)78-41-35(61)29(55)26(52)18(75-41)10-69-62/h12-19,21-42,44-45,47-62H,2-11H2,1H3,(H,43,46)(H2,63,64,65)/t12-,13-,14?,15?,16?,17?,18?,19?,21-,22?,23+,24+,25+,26+,27+,28-,29-,30-,31-,32-,33?,34?,35?,36?,37?,38+,39-,40+,41-,42-/m0/s1. The first-order chi connectivity index (χ1) is 37.3. The van der Waals surface area contributed by atoms with Gasteiger partial charge in [0.2, 0.25) is 5.91 Å². The minimum absolute atomic E-state index is 0.0569. The average Bonchev–Trinajstić information content (AvgIpc) is 3.55. The van der Waals surface area contributed by atoms with Gasteiger partial charge in [-0.15, -0.1) is 0 Å². The normalized spacial score (nSPS) is 47.2. The SMILES string of the molecule is CNC(=O)CCCO[C@@H]1OC(CO[C@H]2OC(CO[C@H]3OC(CO)[C@@H](O)[C@H](O)C3O[C@@H]3OC(COO)[C@@H](O)[C@H](O)C3O)[C@@H](O)[C@H](O)C2O)[C@@H](O)[C@H](C[C@@H]2OC(CO)[C@@H](O)[C@H](O)C2O[C@H]2OC(COP(=O)(O)O)[C@@H](O)[C@H](O)C2O)C1O. The third-order valence-corrected chi connectivity index (χ3v) is 14.8. The minimum atomic E-state index is -5.19. The quantitative estimate of drug-likeness (QED) is 0.0185. The summed E-state index contributed by atoms with van der Waals surface area (Å²) in [5.74, 6) is -1.91. The van der Waals surface area contributed by atoms with Gasteiger partial charge in [0.1, 0.15) is 141 Å². The van der Waals surface area contributed by atoms with E-state index >= 15 is 0 Å². The largest absolute Gasteiger partial charge is 0.469 e. The van der Waals surface area contributed by atoms with E-state index in [1.807, 2.05) is 0 Å². The van der Waals surface area contributed by atoms with Crippen LogP contribution in [0.3, 0.4) is 0 Å². The van der Waals surface area contributed by atoms with Crippen molar-refractivity contribution < 1.29 is 173 Å². The van der Waals surface area contributed by atoms with E-state index in [1.165, 1.54) is 7.05 Å². The molecule has 6 heterocycles. The second kappa shape index (κ2) is 29.5. The van der Waals surface area contributed by atoms with Crippen LogP contribution in [-0.2, 0) is 70.9 Å². The molecule has 0 radical (unpaired) electrons. The molecule has 462 valence electrons. The van der Waals surface area contributed by atoms with Gasteiger partial charge in [-0.25, -0.2) is 9.45 Å². The summed E-state index contributed by atoms with van der Waals surface area (Å²) < 4.78 is 78.6. The van der Waals surface area contributed by atoms with Crippen molar-refractivity contribution in [2.45, 2.75) is 197 Å².